The Balaban J connectivity index is 1.36. The van der Waals surface area contributed by atoms with Crippen molar-refractivity contribution in [2.75, 3.05) is 19.7 Å². The van der Waals surface area contributed by atoms with Gasteiger partial charge in [-0.1, -0.05) is 12.1 Å². The van der Waals surface area contributed by atoms with Crippen molar-refractivity contribution in [2.24, 2.45) is 5.92 Å². The summed E-state index contributed by atoms with van der Waals surface area (Å²) in [6.07, 6.45) is 0.698. The van der Waals surface area contributed by atoms with Crippen molar-refractivity contribution in [1.29, 1.82) is 0 Å². The average Bonchev–Trinajstić information content (AvgIpc) is 3.34. The number of hydrogen-bond donors (Lipinski definition) is 1. The van der Waals surface area contributed by atoms with Crippen LogP contribution in [0, 0.1) is 25.6 Å². The molecule has 0 bridgehead atoms. The predicted molar refractivity (Wildman–Crippen MR) is 108 cm³/mol. The van der Waals surface area contributed by atoms with Crippen LogP contribution in [-0.2, 0) is 10.0 Å². The average molecular weight is 431 g/mol. The molecule has 0 spiro atoms. The van der Waals surface area contributed by atoms with Crippen LogP contribution < -0.4 is 4.74 Å². The van der Waals surface area contributed by atoms with Gasteiger partial charge in [-0.15, -0.1) is 10.2 Å². The number of rotatable bonds is 6. The number of nitrogens with zero attached hydrogens (tertiary/aromatic N) is 4. The molecule has 3 aromatic rings. The summed E-state index contributed by atoms with van der Waals surface area (Å²) in [4.78, 5) is 0.253. The minimum Gasteiger partial charge on any atom is -0.476 e. The first-order valence-corrected chi connectivity index (χ1v) is 11.0. The molecular formula is C20H22FN5O3S. The summed E-state index contributed by atoms with van der Waals surface area (Å²) < 4.78 is 46.4. The van der Waals surface area contributed by atoms with Crippen LogP contribution >= 0.6 is 0 Å². The Morgan fingerprint density at radius 1 is 1.23 bits per heavy atom. The minimum atomic E-state index is -3.59. The SMILES string of the molecule is Cc1n[nH]c(C)c1S(=O)(=O)N1CCC(COc2ccc(-c3cccc(F)c3)nn2)C1. The Morgan fingerprint density at radius 2 is 2.07 bits per heavy atom. The zero-order valence-corrected chi connectivity index (χ0v) is 17.5. The van der Waals surface area contributed by atoms with Gasteiger partial charge in [0.05, 0.1) is 23.7 Å². The highest BCUT2D eigenvalue weighted by atomic mass is 32.2. The smallest absolute Gasteiger partial charge is 0.246 e. The monoisotopic (exact) mass is 431 g/mol. The van der Waals surface area contributed by atoms with Crippen molar-refractivity contribution >= 4 is 10.0 Å². The topological polar surface area (TPSA) is 101 Å². The molecule has 1 N–H and O–H groups in total. The summed E-state index contributed by atoms with van der Waals surface area (Å²) in [6.45, 7) is 4.53. The van der Waals surface area contributed by atoms with E-state index in [0.717, 1.165) is 0 Å². The molecule has 1 unspecified atom stereocenters. The fourth-order valence-electron chi connectivity index (χ4n) is 3.60. The molecule has 10 heteroatoms. The molecule has 1 saturated heterocycles. The number of aryl methyl sites for hydroxylation is 2. The first-order chi connectivity index (χ1) is 14.3. The Bertz CT molecular complexity index is 1130. The van der Waals surface area contributed by atoms with Crippen molar-refractivity contribution < 1.29 is 17.5 Å². The van der Waals surface area contributed by atoms with Gasteiger partial charge >= 0.3 is 0 Å². The van der Waals surface area contributed by atoms with Crippen LogP contribution in [-0.4, -0.2) is 52.8 Å². The lowest BCUT2D eigenvalue weighted by Crippen LogP contribution is -2.30. The van der Waals surface area contributed by atoms with Gasteiger partial charge in [-0.25, -0.2) is 12.8 Å². The van der Waals surface area contributed by atoms with Gasteiger partial charge in [-0.3, -0.25) is 5.10 Å². The van der Waals surface area contributed by atoms with E-state index < -0.39 is 10.0 Å². The fraction of sp³-hybridized carbons (Fsp3) is 0.350. The number of sulfonamides is 1. The Hall–Kier alpha value is -2.85. The lowest BCUT2D eigenvalue weighted by molar-refractivity contribution is 0.244. The molecular weight excluding hydrogens is 409 g/mol. The molecule has 0 amide bonds. The van der Waals surface area contributed by atoms with Gasteiger partial charge < -0.3 is 4.74 Å². The third-order valence-electron chi connectivity index (χ3n) is 5.13. The van der Waals surface area contributed by atoms with Crippen molar-refractivity contribution in [3.63, 3.8) is 0 Å². The zero-order chi connectivity index (χ0) is 21.3. The number of aromatic amines is 1. The predicted octanol–water partition coefficient (Wildman–Crippen LogP) is 2.71. The van der Waals surface area contributed by atoms with Crippen molar-refractivity contribution in [2.45, 2.75) is 25.2 Å². The van der Waals surface area contributed by atoms with E-state index in [2.05, 4.69) is 20.4 Å². The van der Waals surface area contributed by atoms with E-state index in [1.165, 1.54) is 16.4 Å². The molecule has 1 aliphatic rings. The van der Waals surface area contributed by atoms with E-state index in [9.17, 15) is 12.8 Å². The number of ether oxygens (including phenoxy) is 1. The molecule has 1 fully saturated rings. The third-order valence-corrected chi connectivity index (χ3v) is 7.26. The van der Waals surface area contributed by atoms with Crippen LogP contribution in [0.3, 0.4) is 0 Å². The highest BCUT2D eigenvalue weighted by Gasteiger charge is 2.35. The maximum absolute atomic E-state index is 13.4. The molecule has 1 atom stereocenters. The normalized spacial score (nSPS) is 17.4. The Morgan fingerprint density at radius 3 is 2.73 bits per heavy atom. The molecule has 2 aromatic heterocycles. The minimum absolute atomic E-state index is 0.0528. The van der Waals surface area contributed by atoms with Crippen molar-refractivity contribution in [3.05, 3.63) is 53.6 Å². The maximum atomic E-state index is 13.4. The van der Waals surface area contributed by atoms with Crippen LogP contribution in [0.25, 0.3) is 11.3 Å². The van der Waals surface area contributed by atoms with Crippen LogP contribution in [0.15, 0.2) is 41.3 Å². The van der Waals surface area contributed by atoms with Gasteiger partial charge in [0.15, 0.2) is 0 Å². The number of hydrogen-bond acceptors (Lipinski definition) is 6. The maximum Gasteiger partial charge on any atom is 0.246 e. The number of benzene rings is 1. The summed E-state index contributed by atoms with van der Waals surface area (Å²) >= 11 is 0. The number of H-pyrrole nitrogens is 1. The summed E-state index contributed by atoms with van der Waals surface area (Å²) in [5.41, 5.74) is 2.20. The molecule has 0 aliphatic carbocycles. The van der Waals surface area contributed by atoms with Gasteiger partial charge in [0, 0.05) is 30.6 Å². The molecule has 3 heterocycles. The van der Waals surface area contributed by atoms with E-state index in [0.29, 0.717) is 54.6 Å². The lowest BCUT2D eigenvalue weighted by atomic mass is 10.1. The van der Waals surface area contributed by atoms with E-state index in [1.807, 2.05) is 0 Å². The van der Waals surface area contributed by atoms with Crippen LogP contribution in [0.4, 0.5) is 4.39 Å². The van der Waals surface area contributed by atoms with E-state index in [1.54, 1.807) is 38.1 Å². The van der Waals surface area contributed by atoms with E-state index >= 15 is 0 Å². The van der Waals surface area contributed by atoms with E-state index in [-0.39, 0.29) is 16.6 Å². The molecule has 8 nitrogen and oxygen atoms in total. The largest absolute Gasteiger partial charge is 0.476 e. The first kappa shape index (κ1) is 20.4. The standard InChI is InChI=1S/C20H22FN5O3S/c1-13-20(14(2)23-22-13)30(27,28)26-9-8-15(11-26)12-29-19-7-6-18(24-25-19)16-4-3-5-17(21)10-16/h3-7,10,15H,8-9,11-12H2,1-2H3,(H,22,23). The van der Waals surface area contributed by atoms with Gasteiger partial charge in [-0.2, -0.15) is 9.40 Å². The fourth-order valence-corrected chi connectivity index (χ4v) is 5.47. The Kier molecular flexibility index (Phi) is 5.52. The third kappa shape index (κ3) is 4.05. The number of nitrogens with one attached hydrogen (secondary N) is 1. The van der Waals surface area contributed by atoms with E-state index in [4.69, 9.17) is 4.74 Å². The summed E-state index contributed by atoms with van der Waals surface area (Å²) in [5, 5.41) is 14.8. The second kappa shape index (κ2) is 8.11. The van der Waals surface area contributed by atoms with Crippen molar-refractivity contribution in [3.8, 4) is 17.1 Å². The summed E-state index contributed by atoms with van der Waals surface area (Å²) in [7, 11) is -3.59. The first-order valence-electron chi connectivity index (χ1n) is 9.59. The number of aromatic nitrogens is 4. The van der Waals surface area contributed by atoms with Gasteiger partial charge in [0.2, 0.25) is 15.9 Å². The summed E-state index contributed by atoms with van der Waals surface area (Å²) in [6, 6.07) is 9.52. The molecule has 30 heavy (non-hydrogen) atoms. The van der Waals surface area contributed by atoms with Crippen LogP contribution in [0.2, 0.25) is 0 Å². The summed E-state index contributed by atoms with van der Waals surface area (Å²) in [5.74, 6) is 0.0612. The molecule has 0 saturated carbocycles. The highest BCUT2D eigenvalue weighted by molar-refractivity contribution is 7.89. The van der Waals surface area contributed by atoms with Gasteiger partial charge in [-0.05, 0) is 38.5 Å². The van der Waals surface area contributed by atoms with Crippen LogP contribution in [0.1, 0.15) is 17.8 Å². The number of halogens is 1. The lowest BCUT2D eigenvalue weighted by Gasteiger charge is -2.17. The molecule has 158 valence electrons. The zero-order valence-electron chi connectivity index (χ0n) is 16.7. The molecule has 1 aliphatic heterocycles. The second-order valence-corrected chi connectivity index (χ2v) is 9.23. The Labute approximate surface area is 174 Å². The van der Waals surface area contributed by atoms with Gasteiger partial charge in [0.1, 0.15) is 10.7 Å². The quantitative estimate of drug-likeness (QED) is 0.644. The highest BCUT2D eigenvalue weighted by Crippen LogP contribution is 2.28. The van der Waals surface area contributed by atoms with Gasteiger partial charge in [0.25, 0.3) is 0 Å². The molecule has 1 aromatic carbocycles. The molecule has 0 radical (unpaired) electrons. The van der Waals surface area contributed by atoms with Crippen LogP contribution in [0.5, 0.6) is 5.88 Å². The molecule has 4 rings (SSSR count). The van der Waals surface area contributed by atoms with Crippen molar-refractivity contribution in [1.82, 2.24) is 24.7 Å². The second-order valence-electron chi connectivity index (χ2n) is 7.36.